The normalized spacial score (nSPS) is 10.8. The van der Waals surface area contributed by atoms with Crippen LogP contribution in [-0.2, 0) is 18.9 Å². The molecule has 1 aromatic rings. The van der Waals surface area contributed by atoms with Crippen molar-refractivity contribution in [3.8, 4) is 0 Å². The first-order valence-electron chi connectivity index (χ1n) is 16.3. The summed E-state index contributed by atoms with van der Waals surface area (Å²) >= 11 is 0. The second kappa shape index (κ2) is 23.6. The first-order valence-corrected chi connectivity index (χ1v) is 16.3. The summed E-state index contributed by atoms with van der Waals surface area (Å²) in [5.41, 5.74) is -0.495. The van der Waals surface area contributed by atoms with Crippen LogP contribution in [0.5, 0.6) is 0 Å². The molecule has 42 heavy (non-hydrogen) atoms. The Balaban J connectivity index is 3.32. The van der Waals surface area contributed by atoms with E-state index >= 15 is 0 Å². The van der Waals surface area contributed by atoms with Crippen molar-refractivity contribution in [1.29, 1.82) is 0 Å². The van der Waals surface area contributed by atoms with Crippen molar-refractivity contribution in [3.05, 3.63) is 34.4 Å². The Bertz CT molecular complexity index is 793. The van der Waals surface area contributed by atoms with Gasteiger partial charge in [0.15, 0.2) is 0 Å². The summed E-state index contributed by atoms with van der Waals surface area (Å²) in [6.07, 6.45) is 14.7. The van der Waals surface area contributed by atoms with E-state index in [0.717, 1.165) is 77.0 Å². The molecule has 1 rings (SSSR count). The van der Waals surface area contributed by atoms with Crippen molar-refractivity contribution in [1.82, 2.24) is 0 Å². The highest BCUT2D eigenvalue weighted by molar-refractivity contribution is 6.10. The predicted octanol–water partition coefficient (Wildman–Crippen LogP) is 8.64. The summed E-state index contributed by atoms with van der Waals surface area (Å²) in [4.78, 5) is 52.7. The standard InChI is InChI=1S/C34H54O8/c1-5-9-13-17-21-39-31(35)27-25-29(33(37)41-23-19-15-11-7-3)30(34(38)42-24-20-16-12-8-4)26-28(27)32(36)40-22-18-14-10-6-2/h25-26H,5-24H2,1-4H3. The van der Waals surface area contributed by atoms with Gasteiger partial charge >= 0.3 is 23.9 Å². The molecular weight excluding hydrogens is 536 g/mol. The van der Waals surface area contributed by atoms with E-state index in [0.29, 0.717) is 25.7 Å². The van der Waals surface area contributed by atoms with E-state index in [9.17, 15) is 19.2 Å². The van der Waals surface area contributed by atoms with Crippen molar-refractivity contribution < 1.29 is 38.1 Å². The molecule has 0 spiro atoms. The van der Waals surface area contributed by atoms with Gasteiger partial charge in [-0.25, -0.2) is 19.2 Å². The molecule has 0 amide bonds. The van der Waals surface area contributed by atoms with Gasteiger partial charge in [-0.05, 0) is 37.8 Å². The Morgan fingerprint density at radius 1 is 0.381 bits per heavy atom. The third kappa shape index (κ3) is 14.8. The number of benzene rings is 1. The lowest BCUT2D eigenvalue weighted by Gasteiger charge is -2.15. The van der Waals surface area contributed by atoms with Crippen LogP contribution in [0.3, 0.4) is 0 Å². The molecule has 0 bridgehead atoms. The summed E-state index contributed by atoms with van der Waals surface area (Å²) in [6.45, 7) is 9.10. The van der Waals surface area contributed by atoms with Gasteiger partial charge in [-0.2, -0.15) is 0 Å². The molecule has 238 valence electrons. The van der Waals surface area contributed by atoms with Crippen LogP contribution in [-0.4, -0.2) is 50.3 Å². The van der Waals surface area contributed by atoms with Gasteiger partial charge in [0.25, 0.3) is 0 Å². The topological polar surface area (TPSA) is 105 Å². The molecule has 1 aromatic carbocycles. The van der Waals surface area contributed by atoms with Gasteiger partial charge in [-0.15, -0.1) is 0 Å². The maximum atomic E-state index is 13.2. The fraction of sp³-hybridized carbons (Fsp3) is 0.706. The fourth-order valence-corrected chi connectivity index (χ4v) is 4.36. The summed E-state index contributed by atoms with van der Waals surface area (Å²) < 4.78 is 21.9. The Labute approximate surface area is 253 Å². The fourth-order valence-electron chi connectivity index (χ4n) is 4.36. The van der Waals surface area contributed by atoms with Gasteiger partial charge in [0.2, 0.25) is 0 Å². The Morgan fingerprint density at radius 2 is 0.595 bits per heavy atom. The highest BCUT2D eigenvalue weighted by Gasteiger charge is 2.29. The molecule has 0 heterocycles. The summed E-state index contributed by atoms with van der Waals surface area (Å²) in [7, 11) is 0. The van der Waals surface area contributed by atoms with Crippen LogP contribution >= 0.6 is 0 Å². The molecule has 0 saturated carbocycles. The molecule has 0 N–H and O–H groups in total. The summed E-state index contributed by atoms with van der Waals surface area (Å²) in [5, 5.41) is 0. The minimum Gasteiger partial charge on any atom is -0.462 e. The van der Waals surface area contributed by atoms with Crippen LogP contribution in [0.1, 0.15) is 172 Å². The molecule has 0 radical (unpaired) electrons. The third-order valence-corrected chi connectivity index (χ3v) is 6.96. The number of hydrogen-bond donors (Lipinski definition) is 0. The van der Waals surface area contributed by atoms with Gasteiger partial charge < -0.3 is 18.9 Å². The lowest BCUT2D eigenvalue weighted by molar-refractivity contribution is 0.0434. The zero-order valence-electron chi connectivity index (χ0n) is 26.6. The van der Waals surface area contributed by atoms with Gasteiger partial charge in [-0.1, -0.05) is 105 Å². The Morgan fingerprint density at radius 3 is 0.786 bits per heavy atom. The minimum absolute atomic E-state index is 0.124. The van der Waals surface area contributed by atoms with Gasteiger partial charge in [-0.3, -0.25) is 0 Å². The minimum atomic E-state index is -0.749. The average Bonchev–Trinajstić information content (AvgIpc) is 2.99. The van der Waals surface area contributed by atoms with Crippen molar-refractivity contribution in [2.45, 2.75) is 130 Å². The van der Waals surface area contributed by atoms with Gasteiger partial charge in [0.05, 0.1) is 48.7 Å². The second-order valence-corrected chi connectivity index (χ2v) is 10.7. The first kappa shape index (κ1) is 37.1. The van der Waals surface area contributed by atoms with E-state index in [-0.39, 0.29) is 48.7 Å². The summed E-state index contributed by atoms with van der Waals surface area (Å²) in [5.74, 6) is -3.00. The number of ether oxygens (including phenoxy) is 4. The molecular formula is C34H54O8. The lowest BCUT2D eigenvalue weighted by atomic mass is 9.97. The van der Waals surface area contributed by atoms with Crippen molar-refractivity contribution in [3.63, 3.8) is 0 Å². The van der Waals surface area contributed by atoms with E-state index in [2.05, 4.69) is 27.7 Å². The van der Waals surface area contributed by atoms with E-state index < -0.39 is 23.9 Å². The van der Waals surface area contributed by atoms with Gasteiger partial charge in [0.1, 0.15) is 0 Å². The van der Waals surface area contributed by atoms with Crippen LogP contribution in [0.2, 0.25) is 0 Å². The molecule has 0 aliphatic carbocycles. The van der Waals surface area contributed by atoms with E-state index in [1.54, 1.807) is 0 Å². The number of unbranched alkanes of at least 4 members (excludes halogenated alkanes) is 12. The monoisotopic (exact) mass is 590 g/mol. The molecule has 0 aliphatic rings. The molecule has 0 unspecified atom stereocenters. The first-order chi connectivity index (χ1) is 20.4. The highest BCUT2D eigenvalue weighted by Crippen LogP contribution is 2.23. The van der Waals surface area contributed by atoms with Crippen molar-refractivity contribution in [2.24, 2.45) is 0 Å². The van der Waals surface area contributed by atoms with Crippen LogP contribution in [0.4, 0.5) is 0 Å². The SMILES string of the molecule is CCCCCCOC(=O)c1cc(C(=O)OCCCCCC)c(C(=O)OCCCCCC)cc1C(=O)OCCCCCC. The smallest absolute Gasteiger partial charge is 0.339 e. The Hall–Kier alpha value is -2.90. The zero-order valence-corrected chi connectivity index (χ0v) is 26.6. The number of rotatable bonds is 24. The molecule has 0 atom stereocenters. The number of carbonyl (C=O) groups excluding carboxylic acids is 4. The molecule has 0 aromatic heterocycles. The maximum absolute atomic E-state index is 13.2. The molecule has 8 nitrogen and oxygen atoms in total. The molecule has 0 fully saturated rings. The van der Waals surface area contributed by atoms with Crippen molar-refractivity contribution in [2.75, 3.05) is 26.4 Å². The second-order valence-electron chi connectivity index (χ2n) is 10.7. The number of hydrogen-bond acceptors (Lipinski definition) is 8. The highest BCUT2D eigenvalue weighted by atomic mass is 16.5. The van der Waals surface area contributed by atoms with Crippen molar-refractivity contribution >= 4 is 23.9 Å². The molecule has 0 aliphatic heterocycles. The predicted molar refractivity (Wildman–Crippen MR) is 164 cm³/mol. The molecule has 0 saturated heterocycles. The van der Waals surface area contributed by atoms with Crippen LogP contribution < -0.4 is 0 Å². The average molecular weight is 591 g/mol. The maximum Gasteiger partial charge on any atom is 0.339 e. The largest absolute Gasteiger partial charge is 0.462 e. The van der Waals surface area contributed by atoms with Crippen LogP contribution in [0.25, 0.3) is 0 Å². The Kier molecular flexibility index (Phi) is 20.9. The number of carbonyl (C=O) groups is 4. The molecule has 8 heteroatoms. The zero-order chi connectivity index (χ0) is 31.0. The quantitative estimate of drug-likeness (QED) is 0.0669. The van der Waals surface area contributed by atoms with E-state index in [4.69, 9.17) is 18.9 Å². The summed E-state index contributed by atoms with van der Waals surface area (Å²) in [6, 6.07) is 2.45. The third-order valence-electron chi connectivity index (χ3n) is 6.96. The number of esters is 4. The van der Waals surface area contributed by atoms with E-state index in [1.165, 1.54) is 12.1 Å². The lowest BCUT2D eigenvalue weighted by Crippen LogP contribution is -2.21. The van der Waals surface area contributed by atoms with Crippen LogP contribution in [0.15, 0.2) is 12.1 Å². The van der Waals surface area contributed by atoms with Gasteiger partial charge in [0, 0.05) is 0 Å². The van der Waals surface area contributed by atoms with Crippen LogP contribution in [0, 0.1) is 0 Å². The van der Waals surface area contributed by atoms with E-state index in [1.807, 2.05) is 0 Å².